The molecule has 5 heteroatoms. The molecular weight excluding hydrogens is 494 g/mol. The zero-order chi connectivity index (χ0) is 21.1. The standard InChI is InChI=1S/C24H31Br2NO2/c1-15(2)7-6-8-16(3)9-10-27-21-13-23(28-4)19(25)11-17(21)18-12-20(26)24(29-5)14-22(18)27/h11-16H,6-10H2,1-5H3. The van der Waals surface area contributed by atoms with Gasteiger partial charge in [0, 0.05) is 29.4 Å². The quantitative estimate of drug-likeness (QED) is 0.281. The molecule has 3 aromatic rings. The summed E-state index contributed by atoms with van der Waals surface area (Å²) in [4.78, 5) is 0. The van der Waals surface area contributed by atoms with E-state index in [0.717, 1.165) is 39.3 Å². The van der Waals surface area contributed by atoms with Crippen LogP contribution in [0.5, 0.6) is 11.5 Å². The number of ether oxygens (including phenoxy) is 2. The molecule has 0 N–H and O–H groups in total. The molecule has 29 heavy (non-hydrogen) atoms. The Hall–Kier alpha value is -1.20. The minimum absolute atomic E-state index is 0.705. The van der Waals surface area contributed by atoms with Gasteiger partial charge in [0.05, 0.1) is 34.2 Å². The van der Waals surface area contributed by atoms with Crippen molar-refractivity contribution in [3.05, 3.63) is 33.2 Å². The van der Waals surface area contributed by atoms with E-state index in [0.29, 0.717) is 5.92 Å². The maximum Gasteiger partial charge on any atom is 0.135 e. The summed E-state index contributed by atoms with van der Waals surface area (Å²) in [6, 6.07) is 8.61. The molecule has 0 saturated heterocycles. The first-order chi connectivity index (χ1) is 13.8. The number of rotatable bonds is 9. The summed E-state index contributed by atoms with van der Waals surface area (Å²) in [5.74, 6) is 3.21. The van der Waals surface area contributed by atoms with Crippen molar-refractivity contribution in [3.8, 4) is 11.5 Å². The molecule has 1 unspecified atom stereocenters. The summed E-state index contributed by atoms with van der Waals surface area (Å²) >= 11 is 7.30. The predicted octanol–water partition coefficient (Wildman–Crippen LogP) is 8.19. The fourth-order valence-electron chi connectivity index (χ4n) is 4.02. The van der Waals surface area contributed by atoms with Crippen LogP contribution in [0.2, 0.25) is 0 Å². The SMILES string of the molecule is COc1cc2c(cc1Br)c1cc(Br)c(OC)cc1n2CCC(C)CCCC(C)C. The average molecular weight is 525 g/mol. The third-order valence-electron chi connectivity index (χ3n) is 5.74. The number of hydrogen-bond acceptors (Lipinski definition) is 2. The predicted molar refractivity (Wildman–Crippen MR) is 130 cm³/mol. The Labute approximate surface area is 191 Å². The zero-order valence-corrected chi connectivity index (χ0v) is 21.2. The zero-order valence-electron chi connectivity index (χ0n) is 18.0. The second kappa shape index (κ2) is 9.74. The maximum absolute atomic E-state index is 5.58. The van der Waals surface area contributed by atoms with Crippen molar-refractivity contribution in [1.29, 1.82) is 0 Å². The summed E-state index contributed by atoms with van der Waals surface area (Å²) in [7, 11) is 3.44. The molecule has 0 spiro atoms. The van der Waals surface area contributed by atoms with Gasteiger partial charge in [0.15, 0.2) is 0 Å². The molecule has 1 atom stereocenters. The lowest BCUT2D eigenvalue weighted by Gasteiger charge is -2.15. The lowest BCUT2D eigenvalue weighted by molar-refractivity contribution is 0.410. The molecule has 0 radical (unpaired) electrons. The van der Waals surface area contributed by atoms with E-state index in [4.69, 9.17) is 9.47 Å². The van der Waals surface area contributed by atoms with Gasteiger partial charge in [-0.1, -0.05) is 40.0 Å². The number of hydrogen-bond donors (Lipinski definition) is 0. The summed E-state index contributed by atoms with van der Waals surface area (Å²) in [6.45, 7) is 7.97. The average Bonchev–Trinajstić information content (AvgIpc) is 2.96. The number of aryl methyl sites for hydroxylation is 1. The van der Waals surface area contributed by atoms with Crippen LogP contribution in [0.4, 0.5) is 0 Å². The summed E-state index contributed by atoms with van der Waals surface area (Å²) < 4.78 is 15.5. The summed E-state index contributed by atoms with van der Waals surface area (Å²) in [5, 5.41) is 2.45. The molecular formula is C24H31Br2NO2. The van der Waals surface area contributed by atoms with Crippen molar-refractivity contribution in [2.24, 2.45) is 11.8 Å². The van der Waals surface area contributed by atoms with E-state index < -0.39 is 0 Å². The van der Waals surface area contributed by atoms with Gasteiger partial charge in [-0.05, 0) is 62.2 Å². The van der Waals surface area contributed by atoms with Crippen LogP contribution in [0.3, 0.4) is 0 Å². The van der Waals surface area contributed by atoms with Gasteiger partial charge in [-0.25, -0.2) is 0 Å². The molecule has 1 aromatic heterocycles. The van der Waals surface area contributed by atoms with E-state index in [9.17, 15) is 0 Å². The minimum Gasteiger partial charge on any atom is -0.495 e. The Morgan fingerprint density at radius 2 is 1.31 bits per heavy atom. The molecule has 2 aromatic carbocycles. The first kappa shape index (κ1) is 22.5. The van der Waals surface area contributed by atoms with Crippen molar-refractivity contribution in [2.75, 3.05) is 14.2 Å². The molecule has 0 aliphatic rings. The lowest BCUT2D eigenvalue weighted by atomic mass is 9.97. The summed E-state index contributed by atoms with van der Waals surface area (Å²) in [6.07, 6.45) is 5.08. The third-order valence-corrected chi connectivity index (χ3v) is 6.98. The highest BCUT2D eigenvalue weighted by molar-refractivity contribution is 9.11. The Kier molecular flexibility index (Phi) is 7.55. The highest BCUT2D eigenvalue weighted by atomic mass is 79.9. The Morgan fingerprint density at radius 1 is 0.793 bits per heavy atom. The van der Waals surface area contributed by atoms with Gasteiger partial charge in [0.2, 0.25) is 0 Å². The number of aromatic nitrogens is 1. The Morgan fingerprint density at radius 3 is 1.76 bits per heavy atom. The second-order valence-corrected chi connectivity index (χ2v) is 10.1. The van der Waals surface area contributed by atoms with Crippen molar-refractivity contribution in [2.45, 2.75) is 53.0 Å². The van der Waals surface area contributed by atoms with E-state index in [1.54, 1.807) is 14.2 Å². The number of halogens is 2. The van der Waals surface area contributed by atoms with Crippen molar-refractivity contribution in [1.82, 2.24) is 4.57 Å². The fraction of sp³-hybridized carbons (Fsp3) is 0.500. The van der Waals surface area contributed by atoms with Gasteiger partial charge in [-0.2, -0.15) is 0 Å². The van der Waals surface area contributed by atoms with Crippen LogP contribution in [0, 0.1) is 11.8 Å². The molecule has 0 fully saturated rings. The highest BCUT2D eigenvalue weighted by Gasteiger charge is 2.17. The van der Waals surface area contributed by atoms with Gasteiger partial charge >= 0.3 is 0 Å². The Bertz CT molecular complexity index is 927. The number of methoxy groups -OCH3 is 2. The number of benzene rings is 2. The fourth-order valence-corrected chi connectivity index (χ4v) is 5.03. The molecule has 0 amide bonds. The normalized spacial score (nSPS) is 12.8. The van der Waals surface area contributed by atoms with Crippen LogP contribution in [-0.2, 0) is 6.54 Å². The van der Waals surface area contributed by atoms with E-state index in [2.05, 4.69) is 81.5 Å². The monoisotopic (exact) mass is 523 g/mol. The van der Waals surface area contributed by atoms with Gasteiger partial charge in [0.1, 0.15) is 11.5 Å². The molecule has 0 saturated carbocycles. The van der Waals surface area contributed by atoms with Crippen LogP contribution >= 0.6 is 31.9 Å². The molecule has 0 aliphatic heterocycles. The largest absolute Gasteiger partial charge is 0.495 e. The van der Waals surface area contributed by atoms with Gasteiger partial charge < -0.3 is 14.0 Å². The molecule has 0 aliphatic carbocycles. The first-order valence-corrected chi connectivity index (χ1v) is 12.0. The number of nitrogens with zero attached hydrogens (tertiary/aromatic N) is 1. The van der Waals surface area contributed by atoms with Crippen molar-refractivity contribution < 1.29 is 9.47 Å². The lowest BCUT2D eigenvalue weighted by Crippen LogP contribution is -2.04. The van der Waals surface area contributed by atoms with Crippen LogP contribution in [-0.4, -0.2) is 18.8 Å². The molecule has 158 valence electrons. The maximum atomic E-state index is 5.58. The van der Waals surface area contributed by atoms with Gasteiger partial charge in [0.25, 0.3) is 0 Å². The number of fused-ring (bicyclic) bond motifs is 3. The summed E-state index contributed by atoms with van der Waals surface area (Å²) in [5.41, 5.74) is 2.41. The Balaban J connectivity index is 2.00. The third kappa shape index (κ3) is 4.93. The topological polar surface area (TPSA) is 23.4 Å². The van der Waals surface area contributed by atoms with E-state index in [1.807, 2.05) is 0 Å². The first-order valence-electron chi connectivity index (χ1n) is 10.4. The van der Waals surface area contributed by atoms with E-state index in [-0.39, 0.29) is 0 Å². The smallest absolute Gasteiger partial charge is 0.135 e. The van der Waals surface area contributed by atoms with Crippen LogP contribution < -0.4 is 9.47 Å². The highest BCUT2D eigenvalue weighted by Crippen LogP contribution is 2.40. The van der Waals surface area contributed by atoms with Crippen LogP contribution in [0.1, 0.15) is 46.5 Å². The molecule has 3 rings (SSSR count). The van der Waals surface area contributed by atoms with Crippen LogP contribution in [0.15, 0.2) is 33.2 Å². The van der Waals surface area contributed by atoms with E-state index >= 15 is 0 Å². The molecule has 0 bridgehead atoms. The molecule has 1 heterocycles. The van der Waals surface area contributed by atoms with Gasteiger partial charge in [-0.3, -0.25) is 0 Å². The van der Waals surface area contributed by atoms with E-state index in [1.165, 1.54) is 41.1 Å². The van der Waals surface area contributed by atoms with Crippen molar-refractivity contribution in [3.63, 3.8) is 0 Å². The minimum atomic E-state index is 0.705. The van der Waals surface area contributed by atoms with Gasteiger partial charge in [-0.15, -0.1) is 0 Å². The van der Waals surface area contributed by atoms with Crippen molar-refractivity contribution >= 4 is 53.7 Å². The van der Waals surface area contributed by atoms with Crippen LogP contribution in [0.25, 0.3) is 21.8 Å². The molecule has 3 nitrogen and oxygen atoms in total. The second-order valence-electron chi connectivity index (χ2n) is 8.38.